The number of H-pyrrole nitrogens is 3. The number of Topliss-reactive ketones (excluding diaryl/α,β-unsaturated/α-hetero) is 1. The third kappa shape index (κ3) is 16.9. The van der Waals surface area contributed by atoms with E-state index in [9.17, 15) is 24.0 Å². The predicted molar refractivity (Wildman–Crippen MR) is 403 cm³/mol. The molecular weight excluding hydrogens is 1320 g/mol. The number of rotatable bonds is 20. The maximum absolute atomic E-state index is 13.4. The number of hydrogen-bond acceptors (Lipinski definition) is 13. The van der Waals surface area contributed by atoms with Crippen LogP contribution in [-0.2, 0) is 38.6 Å². The summed E-state index contributed by atoms with van der Waals surface area (Å²) in [7, 11) is 0. The van der Waals surface area contributed by atoms with Gasteiger partial charge in [0.05, 0.1) is 55.3 Å². The fourth-order valence-corrected chi connectivity index (χ4v) is 12.3. The Morgan fingerprint density at radius 1 is 0.455 bits per heavy atom. The van der Waals surface area contributed by atoms with E-state index in [0.717, 1.165) is 91.7 Å². The number of ether oxygens (including phenoxy) is 4. The number of pyridine rings is 2. The van der Waals surface area contributed by atoms with E-state index in [4.69, 9.17) is 42.1 Å². The number of fused-ring (bicyclic) bond motifs is 6. The van der Waals surface area contributed by atoms with Gasteiger partial charge in [0.25, 0.3) is 11.1 Å². The van der Waals surface area contributed by atoms with E-state index < -0.39 is 17.6 Å². The average Bonchev–Trinajstić information content (AvgIpc) is 1.71. The molecule has 14 aromatic rings. The van der Waals surface area contributed by atoms with E-state index in [1.54, 1.807) is 42.5 Å². The zero-order chi connectivity index (χ0) is 71.5. The highest BCUT2D eigenvalue weighted by Gasteiger charge is 2.23. The molecule has 6 heterocycles. The molecule has 0 aliphatic rings. The second-order valence-corrected chi connectivity index (χ2v) is 23.5. The number of nitrogens with zero attached hydrogens (tertiary/aromatic N) is 7. The summed E-state index contributed by atoms with van der Waals surface area (Å²) in [4.78, 5) is 88.0. The normalized spacial score (nSPS) is 11.2. The second-order valence-electron chi connectivity index (χ2n) is 22.6. The van der Waals surface area contributed by atoms with Crippen molar-refractivity contribution in [3.05, 3.63) is 265 Å². The molecule has 3 N–H and O–H groups in total. The Labute approximate surface area is 593 Å². The first-order valence-electron chi connectivity index (χ1n) is 33.4. The van der Waals surface area contributed by atoms with Crippen molar-refractivity contribution in [3.8, 4) is 22.3 Å². The van der Waals surface area contributed by atoms with Crippen LogP contribution in [0.1, 0.15) is 117 Å². The monoisotopic (exact) mass is 1390 g/mol. The van der Waals surface area contributed by atoms with Crippen LogP contribution in [0, 0.1) is 0 Å². The summed E-state index contributed by atoms with van der Waals surface area (Å²) >= 11 is 12.3. The number of ketones is 2. The maximum atomic E-state index is 13.4. The molecule has 0 aliphatic carbocycles. The summed E-state index contributed by atoms with van der Waals surface area (Å²) in [6.45, 7) is 20.1. The number of aryl methyl sites for hydroxylation is 3. The van der Waals surface area contributed by atoms with Gasteiger partial charge in [0.1, 0.15) is 5.82 Å². The van der Waals surface area contributed by atoms with E-state index in [0.29, 0.717) is 82.2 Å². The van der Waals surface area contributed by atoms with Crippen LogP contribution in [0.15, 0.2) is 210 Å². The summed E-state index contributed by atoms with van der Waals surface area (Å²) in [5, 5.41) is 2.56. The van der Waals surface area contributed by atoms with Crippen molar-refractivity contribution in [2.45, 2.75) is 87.6 Å². The second kappa shape index (κ2) is 34.8. The van der Waals surface area contributed by atoms with Crippen LogP contribution in [0.25, 0.3) is 94.3 Å². The SMILES string of the molecule is CC(=O)c1c(-c2ccccc2)c2cc(Cl)ccc2[nH]c1=O.CCOC(OCC)c1nc2ccccc2[nH]1.CCOC(OCC)c1nc2ccccc2n1CC.CCn1c(/C=C/C(=O)c2c(-c3ccccc3)c3cc(Cl)ccc3[nH]c2=O)nc2ccccc21.CCn1c(C=O)nc2ccccc21. The van der Waals surface area contributed by atoms with Gasteiger partial charge in [0, 0.05) is 89.0 Å². The molecule has 0 amide bonds. The molecule has 6 aromatic heterocycles. The highest BCUT2D eigenvalue weighted by atomic mass is 35.5. The van der Waals surface area contributed by atoms with E-state index in [-0.39, 0.29) is 28.8 Å². The van der Waals surface area contributed by atoms with Gasteiger partial charge in [-0.25, -0.2) is 19.9 Å². The van der Waals surface area contributed by atoms with Gasteiger partial charge in [-0.15, -0.1) is 0 Å². The summed E-state index contributed by atoms with van der Waals surface area (Å²) in [6, 6.07) is 60.8. The van der Waals surface area contributed by atoms with Gasteiger partial charge < -0.3 is 47.6 Å². The average molecular weight is 1390 g/mol. The Bertz CT molecular complexity index is 5300. The molecule has 516 valence electrons. The van der Waals surface area contributed by atoms with Gasteiger partial charge in [-0.05, 0) is 164 Å². The zero-order valence-electron chi connectivity index (χ0n) is 57.4. The van der Waals surface area contributed by atoms with Crippen LogP contribution >= 0.6 is 23.2 Å². The van der Waals surface area contributed by atoms with Gasteiger partial charge >= 0.3 is 0 Å². The third-order valence-corrected chi connectivity index (χ3v) is 16.8. The summed E-state index contributed by atoms with van der Waals surface area (Å²) in [5.74, 6) is 2.08. The number of hydrogen-bond donors (Lipinski definition) is 3. The largest absolute Gasteiger partial charge is 0.346 e. The molecule has 0 radical (unpaired) electrons. The molecule has 19 nitrogen and oxygen atoms in total. The van der Waals surface area contributed by atoms with Gasteiger partial charge in [-0.2, -0.15) is 0 Å². The molecule has 0 bridgehead atoms. The topological polar surface area (TPSA) is 236 Å². The summed E-state index contributed by atoms with van der Waals surface area (Å²) in [6.07, 6.45) is 3.10. The first-order valence-corrected chi connectivity index (χ1v) is 34.2. The molecule has 0 spiro atoms. The number of imidazole rings is 4. The van der Waals surface area contributed by atoms with Crippen molar-refractivity contribution in [2.75, 3.05) is 26.4 Å². The van der Waals surface area contributed by atoms with Crippen LogP contribution < -0.4 is 11.1 Å². The van der Waals surface area contributed by atoms with Crippen molar-refractivity contribution in [1.29, 1.82) is 0 Å². The zero-order valence-corrected chi connectivity index (χ0v) is 58.9. The molecule has 14 rings (SSSR count). The van der Waals surface area contributed by atoms with Crippen LogP contribution in [-0.4, -0.2) is 92.9 Å². The number of halogens is 2. The number of benzene rings is 8. The Morgan fingerprint density at radius 2 is 0.871 bits per heavy atom. The van der Waals surface area contributed by atoms with Crippen molar-refractivity contribution in [3.63, 3.8) is 0 Å². The fraction of sp³-hybridized carbons (Fsp3) is 0.212. The van der Waals surface area contributed by atoms with Crippen molar-refractivity contribution >= 4 is 113 Å². The van der Waals surface area contributed by atoms with Crippen LogP contribution in [0.3, 0.4) is 0 Å². The Kier molecular flexibility index (Phi) is 25.2. The molecule has 0 fully saturated rings. The lowest BCUT2D eigenvalue weighted by molar-refractivity contribution is -0.146. The van der Waals surface area contributed by atoms with Crippen LogP contribution in [0.4, 0.5) is 0 Å². The molecule has 0 atom stereocenters. The van der Waals surface area contributed by atoms with Gasteiger partial charge in [0.2, 0.25) is 12.6 Å². The quantitative estimate of drug-likeness (QED) is 0.0279. The van der Waals surface area contributed by atoms with Gasteiger partial charge in [0.15, 0.2) is 35.3 Å². The highest BCUT2D eigenvalue weighted by molar-refractivity contribution is 6.32. The van der Waals surface area contributed by atoms with E-state index in [1.165, 1.54) is 13.0 Å². The standard InChI is InChI=1S/C27H20ClN3O2.C17H12ClNO2.C14H20N2O2.C12H16N2O2.C10H10N2O/c1-2-31-22-11-7-6-10-21(22)29-24(31)15-14-23(32)26-25(17-8-4-3-5-9-17)19-16-18(28)12-13-20(19)30-27(26)33;1-10(20)15-16(11-5-3-2-4-6-11)13-9-12(18)7-8-14(13)19-17(15)21;1-4-16-12-10-8-7-9-11(12)15-13(16)14(17-5-2)18-6-3;1-3-15-12(16-4-2)11-13-9-7-5-6-8-10(9)14-11;1-2-12-9-6-4-3-5-8(9)11-10(12)7-13/h3-16H,2H2,1H3,(H,30,33);2-9H,1H3,(H,19,21);7-10,14H,4-6H2,1-3H3;5-8,12H,3-4H2,1-2H3,(H,13,14);3-7H,2H2,1H3/b15-14+;;;;. The fourth-order valence-electron chi connectivity index (χ4n) is 11.9. The molecule has 0 saturated heterocycles. The lowest BCUT2D eigenvalue weighted by Crippen LogP contribution is -2.18. The molecule has 0 saturated carbocycles. The summed E-state index contributed by atoms with van der Waals surface area (Å²) < 4.78 is 28.3. The first kappa shape index (κ1) is 73.0. The number of aromatic amines is 3. The minimum atomic E-state index is -0.442. The molecule has 21 heteroatoms. The predicted octanol–water partition coefficient (Wildman–Crippen LogP) is 17.8. The number of carbonyl (C=O) groups excluding carboxylic acids is 3. The molecule has 0 unspecified atom stereocenters. The maximum Gasteiger partial charge on any atom is 0.260 e. The van der Waals surface area contributed by atoms with Crippen molar-refractivity contribution < 1.29 is 33.3 Å². The van der Waals surface area contributed by atoms with Crippen molar-refractivity contribution in [1.82, 2.24) is 48.6 Å². The molecular formula is C80H78Cl2N10O9. The van der Waals surface area contributed by atoms with E-state index >= 15 is 0 Å². The van der Waals surface area contributed by atoms with Crippen LogP contribution in [0.5, 0.6) is 0 Å². The summed E-state index contributed by atoms with van der Waals surface area (Å²) in [5.41, 5.74) is 11.3. The minimum Gasteiger partial charge on any atom is -0.346 e. The first-order chi connectivity index (χ1) is 49.2. The number of para-hydroxylation sites is 8. The number of aromatic nitrogens is 10. The third-order valence-electron chi connectivity index (χ3n) is 16.3. The highest BCUT2D eigenvalue weighted by Crippen LogP contribution is 2.34. The smallest absolute Gasteiger partial charge is 0.260 e. The number of aldehydes is 1. The number of carbonyl (C=O) groups is 3. The Hall–Kier alpha value is -10.8. The van der Waals surface area contributed by atoms with E-state index in [2.05, 4.69) is 52.4 Å². The molecule has 101 heavy (non-hydrogen) atoms. The number of allylic oxidation sites excluding steroid dienone is 1. The van der Waals surface area contributed by atoms with E-state index in [1.807, 2.05) is 202 Å². The number of nitrogens with one attached hydrogen (secondary N) is 3. The van der Waals surface area contributed by atoms with Crippen molar-refractivity contribution in [2.24, 2.45) is 0 Å². The Balaban J connectivity index is 0.000000142. The molecule has 8 aromatic carbocycles. The minimum absolute atomic E-state index is 0.0753. The Morgan fingerprint density at radius 3 is 1.35 bits per heavy atom. The molecule has 0 aliphatic heterocycles. The lowest BCUT2D eigenvalue weighted by Gasteiger charge is -2.17. The van der Waals surface area contributed by atoms with Crippen LogP contribution in [0.2, 0.25) is 10.0 Å². The van der Waals surface area contributed by atoms with Gasteiger partial charge in [-0.3, -0.25) is 24.0 Å². The van der Waals surface area contributed by atoms with Gasteiger partial charge in [-0.1, -0.05) is 132 Å². The lowest BCUT2D eigenvalue weighted by atomic mass is 9.94.